The van der Waals surface area contributed by atoms with E-state index in [0.29, 0.717) is 16.9 Å². The van der Waals surface area contributed by atoms with Gasteiger partial charge in [-0.3, -0.25) is 10.2 Å². The van der Waals surface area contributed by atoms with Crippen LogP contribution in [0.25, 0.3) is 11.0 Å². The summed E-state index contributed by atoms with van der Waals surface area (Å²) in [5, 5.41) is 8.32. The number of anilines is 1. The minimum Gasteiger partial charge on any atom is -0.493 e. The van der Waals surface area contributed by atoms with Crippen LogP contribution in [0.5, 0.6) is 5.75 Å². The van der Waals surface area contributed by atoms with Crippen molar-refractivity contribution >= 4 is 22.6 Å². The molecule has 0 saturated heterocycles. The summed E-state index contributed by atoms with van der Waals surface area (Å²) in [6.45, 7) is 0. The first-order valence-corrected chi connectivity index (χ1v) is 10.0. The fourth-order valence-electron chi connectivity index (χ4n) is 3.67. The molecule has 2 N–H and O–H groups in total. The molecular formula is C23H25N3O3. The third-order valence-corrected chi connectivity index (χ3v) is 5.20. The lowest BCUT2D eigenvalue weighted by molar-refractivity contribution is 0.0923. The molecule has 2 aromatic carbocycles. The quantitative estimate of drug-likeness (QED) is 0.631. The fraction of sp³-hybridized carbons (Fsp3) is 0.304. The highest BCUT2D eigenvalue weighted by atomic mass is 16.5. The summed E-state index contributed by atoms with van der Waals surface area (Å²) in [5.41, 5.74) is 4.96. The SMILES string of the molecule is COc1cccc2cc(C(=O)NC3CCCCC3)/c(=N\Nc3ccccc3)oc12. The normalized spacial score (nSPS) is 15.3. The Morgan fingerprint density at radius 2 is 1.86 bits per heavy atom. The van der Waals surface area contributed by atoms with Crippen LogP contribution >= 0.6 is 0 Å². The van der Waals surface area contributed by atoms with E-state index in [1.165, 1.54) is 6.42 Å². The van der Waals surface area contributed by atoms with E-state index < -0.39 is 0 Å². The zero-order valence-corrected chi connectivity index (χ0v) is 16.5. The van der Waals surface area contributed by atoms with E-state index in [2.05, 4.69) is 15.8 Å². The number of ether oxygens (including phenoxy) is 1. The van der Waals surface area contributed by atoms with Crippen molar-refractivity contribution in [2.75, 3.05) is 12.5 Å². The number of amides is 1. The van der Waals surface area contributed by atoms with Crippen molar-refractivity contribution in [1.29, 1.82) is 0 Å². The fourth-order valence-corrected chi connectivity index (χ4v) is 3.67. The highest BCUT2D eigenvalue weighted by molar-refractivity contribution is 5.97. The second kappa shape index (κ2) is 8.82. The van der Waals surface area contributed by atoms with Gasteiger partial charge in [0.15, 0.2) is 11.3 Å². The first kappa shape index (κ1) is 19.1. The van der Waals surface area contributed by atoms with Crippen molar-refractivity contribution < 1.29 is 13.9 Å². The molecule has 6 nitrogen and oxygen atoms in total. The molecule has 0 atom stereocenters. The van der Waals surface area contributed by atoms with Gasteiger partial charge < -0.3 is 14.5 Å². The third-order valence-electron chi connectivity index (χ3n) is 5.20. The molecule has 1 aliphatic rings. The number of fused-ring (bicyclic) bond motifs is 1. The molecule has 0 spiro atoms. The molecule has 150 valence electrons. The molecule has 0 unspecified atom stereocenters. The van der Waals surface area contributed by atoms with Crippen molar-refractivity contribution in [3.8, 4) is 5.75 Å². The summed E-state index contributed by atoms with van der Waals surface area (Å²) in [7, 11) is 1.59. The van der Waals surface area contributed by atoms with Gasteiger partial charge in [-0.1, -0.05) is 49.6 Å². The van der Waals surface area contributed by atoms with Crippen LogP contribution in [0.1, 0.15) is 42.5 Å². The molecule has 1 saturated carbocycles. The van der Waals surface area contributed by atoms with Crippen LogP contribution in [0.4, 0.5) is 5.69 Å². The van der Waals surface area contributed by atoms with E-state index >= 15 is 0 Å². The lowest BCUT2D eigenvalue weighted by Gasteiger charge is -2.22. The zero-order chi connectivity index (χ0) is 20.1. The summed E-state index contributed by atoms with van der Waals surface area (Å²) >= 11 is 0. The minimum atomic E-state index is -0.168. The van der Waals surface area contributed by atoms with E-state index in [4.69, 9.17) is 9.15 Å². The van der Waals surface area contributed by atoms with Crippen LogP contribution in [0.2, 0.25) is 0 Å². The minimum absolute atomic E-state index is 0.168. The van der Waals surface area contributed by atoms with Crippen LogP contribution in [-0.4, -0.2) is 19.1 Å². The average molecular weight is 391 g/mol. The standard InChI is InChI=1S/C23H25N3O3/c1-28-20-14-8-9-16-15-19(22(27)24-17-10-4-2-5-11-17)23(29-21(16)20)26-25-18-12-6-3-7-13-18/h3,6-9,12-15,17,25H,2,4-5,10-11H2,1H3,(H,24,27)/b26-23+. The number of carbonyl (C=O) groups excluding carboxylic acids is 1. The number of benzene rings is 2. The molecule has 4 rings (SSSR count). The summed E-state index contributed by atoms with van der Waals surface area (Å²) in [4.78, 5) is 13.1. The Morgan fingerprint density at radius 1 is 1.07 bits per heavy atom. The molecular weight excluding hydrogens is 366 g/mol. The van der Waals surface area contributed by atoms with Gasteiger partial charge in [0.1, 0.15) is 5.56 Å². The molecule has 0 bridgehead atoms. The second-order valence-electron chi connectivity index (χ2n) is 7.24. The van der Waals surface area contributed by atoms with Crippen LogP contribution in [-0.2, 0) is 0 Å². The van der Waals surface area contributed by atoms with E-state index in [1.807, 2.05) is 54.6 Å². The van der Waals surface area contributed by atoms with Gasteiger partial charge in [0.2, 0.25) is 5.55 Å². The molecule has 0 radical (unpaired) electrons. The van der Waals surface area contributed by atoms with Gasteiger partial charge >= 0.3 is 0 Å². The molecule has 1 aromatic heterocycles. The van der Waals surface area contributed by atoms with Crippen LogP contribution in [0.15, 0.2) is 64.1 Å². The smallest absolute Gasteiger partial charge is 0.257 e. The van der Waals surface area contributed by atoms with E-state index in [-0.39, 0.29) is 17.5 Å². The van der Waals surface area contributed by atoms with E-state index in [9.17, 15) is 4.79 Å². The van der Waals surface area contributed by atoms with Gasteiger partial charge in [-0.15, -0.1) is 5.10 Å². The van der Waals surface area contributed by atoms with Crippen molar-refractivity contribution in [3.05, 3.63) is 65.7 Å². The third kappa shape index (κ3) is 4.42. The maximum atomic E-state index is 13.1. The number of nitrogens with zero attached hydrogens (tertiary/aromatic N) is 1. The van der Waals surface area contributed by atoms with Crippen LogP contribution < -0.4 is 21.0 Å². The van der Waals surface area contributed by atoms with Crippen molar-refractivity contribution in [3.63, 3.8) is 0 Å². The zero-order valence-electron chi connectivity index (χ0n) is 16.5. The molecule has 3 aromatic rings. The van der Waals surface area contributed by atoms with Gasteiger partial charge in [0.05, 0.1) is 12.8 Å². The lowest BCUT2D eigenvalue weighted by Crippen LogP contribution is -2.38. The molecule has 1 amide bonds. The largest absolute Gasteiger partial charge is 0.493 e. The molecule has 1 aliphatic carbocycles. The Kier molecular flexibility index (Phi) is 5.79. The lowest BCUT2D eigenvalue weighted by atomic mass is 9.95. The number of methoxy groups -OCH3 is 1. The highest BCUT2D eigenvalue weighted by Gasteiger charge is 2.20. The Labute approximate surface area is 169 Å². The van der Waals surface area contributed by atoms with Crippen molar-refractivity contribution in [2.45, 2.75) is 38.1 Å². The topological polar surface area (TPSA) is 75.9 Å². The molecule has 1 heterocycles. The predicted molar refractivity (Wildman–Crippen MR) is 113 cm³/mol. The highest BCUT2D eigenvalue weighted by Crippen LogP contribution is 2.25. The monoisotopic (exact) mass is 391 g/mol. The summed E-state index contributed by atoms with van der Waals surface area (Å²) in [6.07, 6.45) is 5.56. The maximum Gasteiger partial charge on any atom is 0.257 e. The summed E-state index contributed by atoms with van der Waals surface area (Å²) in [6, 6.07) is 17.1. The molecule has 6 heteroatoms. The Bertz CT molecular complexity index is 1050. The van der Waals surface area contributed by atoms with E-state index in [0.717, 1.165) is 36.8 Å². The van der Waals surface area contributed by atoms with Gasteiger partial charge in [0.25, 0.3) is 5.91 Å². The molecule has 29 heavy (non-hydrogen) atoms. The number of hydrogen-bond acceptors (Lipinski definition) is 5. The van der Waals surface area contributed by atoms with Crippen LogP contribution in [0.3, 0.4) is 0 Å². The van der Waals surface area contributed by atoms with Crippen molar-refractivity contribution in [2.24, 2.45) is 5.10 Å². The molecule has 0 aliphatic heterocycles. The number of carbonyl (C=O) groups is 1. The Hall–Kier alpha value is -3.28. The number of rotatable bonds is 5. The van der Waals surface area contributed by atoms with Gasteiger partial charge in [-0.25, -0.2) is 0 Å². The second-order valence-corrected chi connectivity index (χ2v) is 7.24. The Morgan fingerprint density at radius 3 is 2.62 bits per heavy atom. The number of hydrogen-bond donors (Lipinski definition) is 2. The van der Waals surface area contributed by atoms with Gasteiger partial charge in [-0.2, -0.15) is 0 Å². The van der Waals surface area contributed by atoms with Crippen molar-refractivity contribution in [1.82, 2.24) is 5.32 Å². The summed E-state index contributed by atoms with van der Waals surface area (Å²) in [5.74, 6) is 0.428. The average Bonchev–Trinajstić information content (AvgIpc) is 2.78. The molecule has 1 fully saturated rings. The van der Waals surface area contributed by atoms with Gasteiger partial charge in [-0.05, 0) is 37.1 Å². The predicted octanol–water partition coefficient (Wildman–Crippen LogP) is 4.43. The van der Waals surface area contributed by atoms with Crippen LogP contribution in [0, 0.1) is 0 Å². The first-order chi connectivity index (χ1) is 14.2. The maximum absolute atomic E-state index is 13.1. The number of nitrogens with one attached hydrogen (secondary N) is 2. The first-order valence-electron chi connectivity index (χ1n) is 10.0. The summed E-state index contributed by atoms with van der Waals surface area (Å²) < 4.78 is 11.4. The Balaban J connectivity index is 1.74. The van der Waals surface area contributed by atoms with Gasteiger partial charge in [0, 0.05) is 11.4 Å². The van der Waals surface area contributed by atoms with E-state index in [1.54, 1.807) is 7.11 Å². The number of para-hydroxylation sites is 2.